The normalized spacial score (nSPS) is 17.2. The van der Waals surface area contributed by atoms with Crippen LogP contribution in [0.3, 0.4) is 0 Å². The van der Waals surface area contributed by atoms with Crippen molar-refractivity contribution in [2.75, 3.05) is 33.3 Å². The molecule has 4 heteroatoms. The Morgan fingerprint density at radius 1 is 1.37 bits per heavy atom. The molecule has 0 bridgehead atoms. The summed E-state index contributed by atoms with van der Waals surface area (Å²) in [6, 6.07) is 4.07. The molecule has 1 aromatic rings. The molecule has 4 nitrogen and oxygen atoms in total. The third-order valence-electron chi connectivity index (χ3n) is 3.55. The summed E-state index contributed by atoms with van der Waals surface area (Å²) >= 11 is 0. The standard InChI is InChI=1S/C15H26N2O2/c1-13-4-5-15(19-13)12-17(2)10-3-11-18-14-6-8-16-9-7-14/h4-5,14,16H,3,6-12H2,1-2H3. The van der Waals surface area contributed by atoms with Crippen molar-refractivity contribution in [3.63, 3.8) is 0 Å². The fourth-order valence-electron chi connectivity index (χ4n) is 2.46. The minimum Gasteiger partial charge on any atom is -0.465 e. The second-order valence-electron chi connectivity index (χ2n) is 5.42. The van der Waals surface area contributed by atoms with Crippen LogP contribution < -0.4 is 5.32 Å². The van der Waals surface area contributed by atoms with Gasteiger partial charge in [0.25, 0.3) is 0 Å². The van der Waals surface area contributed by atoms with Crippen LogP contribution in [0.4, 0.5) is 0 Å². The Kier molecular flexibility index (Phi) is 5.89. The highest BCUT2D eigenvalue weighted by Crippen LogP contribution is 2.10. The average Bonchev–Trinajstić information content (AvgIpc) is 2.81. The number of hydrogen-bond donors (Lipinski definition) is 1. The maximum atomic E-state index is 5.90. The van der Waals surface area contributed by atoms with E-state index in [1.807, 2.05) is 13.0 Å². The molecule has 2 heterocycles. The lowest BCUT2D eigenvalue weighted by Gasteiger charge is -2.23. The van der Waals surface area contributed by atoms with E-state index < -0.39 is 0 Å². The molecule has 19 heavy (non-hydrogen) atoms. The maximum Gasteiger partial charge on any atom is 0.118 e. The molecule has 1 aromatic heterocycles. The van der Waals surface area contributed by atoms with Gasteiger partial charge in [0.2, 0.25) is 0 Å². The van der Waals surface area contributed by atoms with Crippen molar-refractivity contribution in [2.24, 2.45) is 0 Å². The number of hydrogen-bond acceptors (Lipinski definition) is 4. The van der Waals surface area contributed by atoms with Crippen molar-refractivity contribution < 1.29 is 9.15 Å². The predicted octanol–water partition coefficient (Wildman–Crippen LogP) is 2.18. The Bertz CT molecular complexity index is 359. The van der Waals surface area contributed by atoms with Crippen LogP contribution in [0, 0.1) is 6.92 Å². The molecule has 0 aromatic carbocycles. The number of rotatable bonds is 7. The summed E-state index contributed by atoms with van der Waals surface area (Å²) in [6.45, 7) is 6.97. The van der Waals surface area contributed by atoms with E-state index in [0.29, 0.717) is 6.10 Å². The number of nitrogens with zero attached hydrogens (tertiary/aromatic N) is 1. The first-order valence-corrected chi connectivity index (χ1v) is 7.30. The summed E-state index contributed by atoms with van der Waals surface area (Å²) in [4.78, 5) is 2.28. The molecule has 1 aliphatic heterocycles. The minimum atomic E-state index is 0.472. The van der Waals surface area contributed by atoms with Gasteiger partial charge in [0.05, 0.1) is 12.6 Å². The first-order valence-electron chi connectivity index (χ1n) is 7.30. The van der Waals surface area contributed by atoms with Crippen molar-refractivity contribution in [1.29, 1.82) is 0 Å². The maximum absolute atomic E-state index is 5.90. The highest BCUT2D eigenvalue weighted by atomic mass is 16.5. The van der Waals surface area contributed by atoms with Gasteiger partial charge in [-0.15, -0.1) is 0 Å². The Hall–Kier alpha value is -0.840. The largest absolute Gasteiger partial charge is 0.465 e. The highest BCUT2D eigenvalue weighted by molar-refractivity contribution is 5.05. The van der Waals surface area contributed by atoms with Crippen molar-refractivity contribution in [2.45, 2.75) is 38.8 Å². The van der Waals surface area contributed by atoms with E-state index in [1.54, 1.807) is 0 Å². The zero-order valence-electron chi connectivity index (χ0n) is 12.2. The molecule has 1 aliphatic rings. The molecule has 1 N–H and O–H groups in total. The van der Waals surface area contributed by atoms with Crippen molar-refractivity contribution in [3.05, 3.63) is 23.7 Å². The summed E-state index contributed by atoms with van der Waals surface area (Å²) in [7, 11) is 2.13. The van der Waals surface area contributed by atoms with Crippen LogP contribution in [0.25, 0.3) is 0 Å². The molecular weight excluding hydrogens is 240 g/mol. The fourth-order valence-corrected chi connectivity index (χ4v) is 2.46. The van der Waals surface area contributed by atoms with Gasteiger partial charge in [-0.25, -0.2) is 0 Å². The molecular formula is C15H26N2O2. The van der Waals surface area contributed by atoms with E-state index in [9.17, 15) is 0 Å². The summed E-state index contributed by atoms with van der Waals surface area (Å²) in [5.74, 6) is 2.02. The van der Waals surface area contributed by atoms with Crippen LogP contribution in [0.1, 0.15) is 30.8 Å². The Morgan fingerprint density at radius 2 is 2.16 bits per heavy atom. The van der Waals surface area contributed by atoms with Gasteiger partial charge < -0.3 is 14.5 Å². The van der Waals surface area contributed by atoms with Gasteiger partial charge in [0.15, 0.2) is 0 Å². The summed E-state index contributed by atoms with van der Waals surface area (Å²) in [6.07, 6.45) is 3.86. The summed E-state index contributed by atoms with van der Waals surface area (Å²) in [5.41, 5.74) is 0. The number of ether oxygens (including phenoxy) is 1. The molecule has 0 aliphatic carbocycles. The molecule has 0 amide bonds. The number of furan rings is 1. The molecule has 1 saturated heterocycles. The predicted molar refractivity (Wildman–Crippen MR) is 76.2 cm³/mol. The average molecular weight is 266 g/mol. The van der Waals surface area contributed by atoms with Gasteiger partial charge in [-0.3, -0.25) is 4.90 Å². The van der Waals surface area contributed by atoms with E-state index in [1.165, 1.54) is 0 Å². The Balaban J connectivity index is 1.54. The highest BCUT2D eigenvalue weighted by Gasteiger charge is 2.12. The molecule has 108 valence electrons. The monoisotopic (exact) mass is 266 g/mol. The lowest BCUT2D eigenvalue weighted by Crippen LogP contribution is -2.33. The van der Waals surface area contributed by atoms with Gasteiger partial charge in [-0.1, -0.05) is 0 Å². The third-order valence-corrected chi connectivity index (χ3v) is 3.55. The topological polar surface area (TPSA) is 37.6 Å². The molecule has 0 unspecified atom stereocenters. The Morgan fingerprint density at radius 3 is 2.84 bits per heavy atom. The van der Waals surface area contributed by atoms with Crippen molar-refractivity contribution in [1.82, 2.24) is 10.2 Å². The van der Waals surface area contributed by atoms with Gasteiger partial charge in [-0.2, -0.15) is 0 Å². The van der Waals surface area contributed by atoms with E-state index >= 15 is 0 Å². The molecule has 2 rings (SSSR count). The molecule has 0 saturated carbocycles. The lowest BCUT2D eigenvalue weighted by atomic mass is 10.1. The quantitative estimate of drug-likeness (QED) is 0.768. The Labute approximate surface area is 116 Å². The smallest absolute Gasteiger partial charge is 0.118 e. The van der Waals surface area contributed by atoms with Crippen LogP contribution in [0.2, 0.25) is 0 Å². The van der Waals surface area contributed by atoms with E-state index in [0.717, 1.165) is 63.6 Å². The number of piperidine rings is 1. The van der Waals surface area contributed by atoms with E-state index in [2.05, 4.69) is 23.3 Å². The van der Waals surface area contributed by atoms with Gasteiger partial charge in [0.1, 0.15) is 11.5 Å². The van der Waals surface area contributed by atoms with Crippen LogP contribution in [-0.2, 0) is 11.3 Å². The molecule has 1 fully saturated rings. The van der Waals surface area contributed by atoms with Crippen LogP contribution in [0.5, 0.6) is 0 Å². The SMILES string of the molecule is Cc1ccc(CN(C)CCCOC2CCNCC2)o1. The second-order valence-corrected chi connectivity index (χ2v) is 5.42. The van der Waals surface area contributed by atoms with Crippen molar-refractivity contribution >= 4 is 0 Å². The van der Waals surface area contributed by atoms with Crippen LogP contribution in [0.15, 0.2) is 16.5 Å². The second kappa shape index (κ2) is 7.68. The summed E-state index contributed by atoms with van der Waals surface area (Å²) < 4.78 is 11.5. The van der Waals surface area contributed by atoms with E-state index in [-0.39, 0.29) is 0 Å². The van der Waals surface area contributed by atoms with Gasteiger partial charge >= 0.3 is 0 Å². The molecule has 0 radical (unpaired) electrons. The van der Waals surface area contributed by atoms with Crippen LogP contribution in [-0.4, -0.2) is 44.3 Å². The number of nitrogens with one attached hydrogen (secondary N) is 1. The zero-order valence-corrected chi connectivity index (χ0v) is 12.2. The third kappa shape index (κ3) is 5.35. The first kappa shape index (κ1) is 14.6. The fraction of sp³-hybridized carbons (Fsp3) is 0.733. The van der Waals surface area contributed by atoms with E-state index in [4.69, 9.17) is 9.15 Å². The number of aryl methyl sites for hydroxylation is 1. The van der Waals surface area contributed by atoms with Gasteiger partial charge in [-0.05, 0) is 58.5 Å². The van der Waals surface area contributed by atoms with Crippen molar-refractivity contribution in [3.8, 4) is 0 Å². The molecule has 0 atom stereocenters. The summed E-state index contributed by atoms with van der Waals surface area (Å²) in [5, 5.41) is 3.35. The molecule has 0 spiro atoms. The minimum absolute atomic E-state index is 0.472. The first-order chi connectivity index (χ1) is 9.24. The van der Waals surface area contributed by atoms with Crippen LogP contribution >= 0.6 is 0 Å². The van der Waals surface area contributed by atoms with Gasteiger partial charge in [0, 0.05) is 13.2 Å². The zero-order chi connectivity index (χ0) is 13.5. The lowest BCUT2D eigenvalue weighted by molar-refractivity contribution is 0.0282.